The Morgan fingerprint density at radius 2 is 1.83 bits per heavy atom. The fourth-order valence-corrected chi connectivity index (χ4v) is 5.65. The van der Waals surface area contributed by atoms with Gasteiger partial charge in [0.2, 0.25) is 10.0 Å². The number of fused-ring (bicyclic) bond motifs is 1. The number of carbonyl (C=O) groups is 2. The van der Waals surface area contributed by atoms with Crippen molar-refractivity contribution in [3.63, 3.8) is 0 Å². The molecule has 1 atom stereocenters. The Morgan fingerprint density at radius 1 is 1.09 bits per heavy atom. The van der Waals surface area contributed by atoms with Crippen LogP contribution < -0.4 is 14.4 Å². The van der Waals surface area contributed by atoms with E-state index in [1.165, 1.54) is 6.07 Å². The zero-order chi connectivity index (χ0) is 24.8. The SMILES string of the molecule is O=C[C@H](CC(=O)O)NS(=O)(=O)c1ccc(N2CCCC2)cc1OCCc1cccc2ccccc12. The van der Waals surface area contributed by atoms with Gasteiger partial charge in [0, 0.05) is 31.3 Å². The molecular formula is C26H28N2O6S. The summed E-state index contributed by atoms with van der Waals surface area (Å²) < 4.78 is 34.4. The number of nitrogens with one attached hydrogen (secondary N) is 1. The zero-order valence-electron chi connectivity index (χ0n) is 19.2. The smallest absolute Gasteiger partial charge is 0.305 e. The largest absolute Gasteiger partial charge is 0.492 e. The second kappa shape index (κ2) is 10.9. The number of benzene rings is 3. The summed E-state index contributed by atoms with van der Waals surface area (Å²) in [6.07, 6.45) is 2.33. The van der Waals surface area contributed by atoms with Gasteiger partial charge in [0.1, 0.15) is 16.9 Å². The van der Waals surface area contributed by atoms with Crippen LogP contribution in [0.4, 0.5) is 5.69 Å². The second-order valence-electron chi connectivity index (χ2n) is 8.52. The maximum absolute atomic E-state index is 13.1. The van der Waals surface area contributed by atoms with Crippen LogP contribution in [0.5, 0.6) is 5.75 Å². The highest BCUT2D eigenvalue weighted by atomic mass is 32.2. The molecule has 3 aromatic rings. The predicted molar refractivity (Wildman–Crippen MR) is 133 cm³/mol. The number of aliphatic carboxylic acids is 1. The molecular weight excluding hydrogens is 468 g/mol. The number of hydrogen-bond donors (Lipinski definition) is 2. The number of anilines is 1. The summed E-state index contributed by atoms with van der Waals surface area (Å²) in [7, 11) is -4.21. The minimum absolute atomic E-state index is 0.129. The second-order valence-corrected chi connectivity index (χ2v) is 10.2. The van der Waals surface area contributed by atoms with Crippen LogP contribution in [-0.4, -0.2) is 51.5 Å². The molecule has 0 bridgehead atoms. The number of carbonyl (C=O) groups excluding carboxylic acids is 1. The van der Waals surface area contributed by atoms with E-state index in [1.54, 1.807) is 12.1 Å². The van der Waals surface area contributed by atoms with Crippen molar-refractivity contribution < 1.29 is 27.9 Å². The molecule has 1 aliphatic heterocycles. The first-order valence-electron chi connectivity index (χ1n) is 11.6. The lowest BCUT2D eigenvalue weighted by Gasteiger charge is -2.21. The highest BCUT2D eigenvalue weighted by Gasteiger charge is 2.26. The number of sulfonamides is 1. The van der Waals surface area contributed by atoms with Gasteiger partial charge in [0.15, 0.2) is 0 Å². The van der Waals surface area contributed by atoms with Crippen LogP contribution in [-0.2, 0) is 26.0 Å². The van der Waals surface area contributed by atoms with E-state index in [0.717, 1.165) is 48.0 Å². The first-order chi connectivity index (χ1) is 16.9. The van der Waals surface area contributed by atoms with E-state index in [9.17, 15) is 18.0 Å². The standard InChI is InChI=1S/C26H28N2O6S/c29-18-21(16-26(30)31)27-35(32,33)25-11-10-22(28-13-3-4-14-28)17-24(25)34-15-12-20-8-5-7-19-6-1-2-9-23(19)20/h1-2,5-11,17-18,21,27H,3-4,12-16H2,(H,30,31)/t21-/m0/s1. The van der Waals surface area contributed by atoms with Crippen LogP contribution in [0.1, 0.15) is 24.8 Å². The van der Waals surface area contributed by atoms with Crippen molar-refractivity contribution in [1.82, 2.24) is 4.72 Å². The van der Waals surface area contributed by atoms with Crippen LogP contribution in [0.2, 0.25) is 0 Å². The van der Waals surface area contributed by atoms with Crippen LogP contribution in [0.15, 0.2) is 65.6 Å². The lowest BCUT2D eigenvalue weighted by Crippen LogP contribution is -2.37. The van der Waals surface area contributed by atoms with E-state index >= 15 is 0 Å². The molecule has 0 radical (unpaired) electrons. The molecule has 9 heteroatoms. The number of ether oxygens (including phenoxy) is 1. The van der Waals surface area contributed by atoms with Gasteiger partial charge in [-0.25, -0.2) is 13.1 Å². The van der Waals surface area contributed by atoms with Gasteiger partial charge in [-0.3, -0.25) is 4.79 Å². The summed E-state index contributed by atoms with van der Waals surface area (Å²) in [6.45, 7) is 2.00. The minimum atomic E-state index is -4.21. The van der Waals surface area contributed by atoms with Gasteiger partial charge in [-0.15, -0.1) is 0 Å². The molecule has 184 valence electrons. The third-order valence-electron chi connectivity index (χ3n) is 6.06. The Hall–Kier alpha value is -3.43. The topological polar surface area (TPSA) is 113 Å². The molecule has 0 spiro atoms. The summed E-state index contributed by atoms with van der Waals surface area (Å²) in [5.74, 6) is -1.11. The molecule has 0 aliphatic carbocycles. The monoisotopic (exact) mass is 496 g/mol. The van der Waals surface area contributed by atoms with E-state index in [4.69, 9.17) is 9.84 Å². The number of rotatable bonds is 11. The van der Waals surface area contributed by atoms with Crippen molar-refractivity contribution in [2.24, 2.45) is 0 Å². The van der Waals surface area contributed by atoms with Gasteiger partial charge in [-0.1, -0.05) is 42.5 Å². The molecule has 35 heavy (non-hydrogen) atoms. The third kappa shape index (κ3) is 5.98. The molecule has 1 heterocycles. The van der Waals surface area contributed by atoms with Crippen LogP contribution in [0.25, 0.3) is 10.8 Å². The minimum Gasteiger partial charge on any atom is -0.492 e. The fraction of sp³-hybridized carbons (Fsp3) is 0.308. The average molecular weight is 497 g/mol. The normalized spacial score (nSPS) is 14.7. The maximum Gasteiger partial charge on any atom is 0.305 e. The first kappa shape index (κ1) is 24.7. The molecule has 3 aromatic carbocycles. The van der Waals surface area contributed by atoms with Gasteiger partial charge < -0.3 is 19.5 Å². The van der Waals surface area contributed by atoms with E-state index < -0.39 is 28.5 Å². The number of nitrogens with zero attached hydrogens (tertiary/aromatic N) is 1. The van der Waals surface area contributed by atoms with Gasteiger partial charge >= 0.3 is 5.97 Å². The Balaban J connectivity index is 1.59. The lowest BCUT2D eigenvalue weighted by molar-refractivity contribution is -0.138. The molecule has 1 fully saturated rings. The fourth-order valence-electron chi connectivity index (χ4n) is 4.35. The van der Waals surface area contributed by atoms with Crippen molar-refractivity contribution in [2.75, 3.05) is 24.6 Å². The summed E-state index contributed by atoms with van der Waals surface area (Å²) in [5, 5.41) is 11.2. The Morgan fingerprint density at radius 3 is 2.57 bits per heavy atom. The number of carboxylic acid groups (broad SMARTS) is 1. The molecule has 0 saturated carbocycles. The Bertz CT molecular complexity index is 1310. The van der Waals surface area contributed by atoms with Crippen molar-refractivity contribution in [3.05, 3.63) is 66.2 Å². The third-order valence-corrected chi connectivity index (χ3v) is 7.59. The molecule has 1 saturated heterocycles. The Labute approximate surface area is 204 Å². The molecule has 8 nitrogen and oxygen atoms in total. The number of aldehydes is 1. The van der Waals surface area contributed by atoms with Crippen LogP contribution in [0, 0.1) is 0 Å². The van der Waals surface area contributed by atoms with Gasteiger partial charge in [0.25, 0.3) is 0 Å². The lowest BCUT2D eigenvalue weighted by atomic mass is 10.0. The average Bonchev–Trinajstić information content (AvgIpc) is 3.38. The highest BCUT2D eigenvalue weighted by Crippen LogP contribution is 2.31. The summed E-state index contributed by atoms with van der Waals surface area (Å²) in [6, 6.07) is 17.6. The van der Waals surface area contributed by atoms with Gasteiger partial charge in [-0.2, -0.15) is 0 Å². The molecule has 0 aromatic heterocycles. The van der Waals surface area contributed by atoms with Crippen molar-refractivity contribution in [2.45, 2.75) is 36.6 Å². The Kier molecular flexibility index (Phi) is 7.67. The number of hydrogen-bond acceptors (Lipinski definition) is 6. The maximum atomic E-state index is 13.1. The first-order valence-corrected chi connectivity index (χ1v) is 13.0. The van der Waals surface area contributed by atoms with E-state index in [2.05, 4.69) is 9.62 Å². The van der Waals surface area contributed by atoms with Crippen molar-refractivity contribution in [1.29, 1.82) is 0 Å². The molecule has 2 N–H and O–H groups in total. The predicted octanol–water partition coefficient (Wildman–Crippen LogP) is 3.38. The zero-order valence-corrected chi connectivity index (χ0v) is 20.0. The molecule has 4 rings (SSSR count). The molecule has 1 aliphatic rings. The van der Waals surface area contributed by atoms with Gasteiger partial charge in [-0.05, 0) is 41.3 Å². The van der Waals surface area contributed by atoms with Crippen LogP contribution >= 0.6 is 0 Å². The van der Waals surface area contributed by atoms with Crippen LogP contribution in [0.3, 0.4) is 0 Å². The molecule has 0 unspecified atom stereocenters. The quantitative estimate of drug-likeness (QED) is 0.391. The summed E-state index contributed by atoms with van der Waals surface area (Å²) in [4.78, 5) is 24.3. The molecule has 0 amide bonds. The number of carboxylic acids is 1. The van der Waals surface area contributed by atoms with E-state index in [-0.39, 0.29) is 23.5 Å². The highest BCUT2D eigenvalue weighted by molar-refractivity contribution is 7.89. The van der Waals surface area contributed by atoms with Crippen molar-refractivity contribution >= 4 is 38.7 Å². The summed E-state index contributed by atoms with van der Waals surface area (Å²) in [5.41, 5.74) is 1.95. The summed E-state index contributed by atoms with van der Waals surface area (Å²) >= 11 is 0. The van der Waals surface area contributed by atoms with E-state index in [1.807, 2.05) is 42.5 Å². The van der Waals surface area contributed by atoms with Crippen molar-refractivity contribution in [3.8, 4) is 5.75 Å². The van der Waals surface area contributed by atoms with E-state index in [0.29, 0.717) is 6.42 Å². The van der Waals surface area contributed by atoms with Gasteiger partial charge in [0.05, 0.1) is 19.1 Å².